The second-order valence-corrected chi connectivity index (χ2v) is 7.51. The van der Waals surface area contributed by atoms with Crippen molar-refractivity contribution in [2.24, 2.45) is 5.10 Å². The molecule has 4 rings (SSSR count). The number of nitro groups is 1. The van der Waals surface area contributed by atoms with Gasteiger partial charge in [-0.25, -0.2) is 0 Å². The van der Waals surface area contributed by atoms with Crippen LogP contribution in [0.3, 0.4) is 0 Å². The number of non-ortho nitro benzene ring substituents is 1. The largest absolute Gasteiger partial charge is 0.328 e. The molecule has 0 unspecified atom stereocenters. The van der Waals surface area contributed by atoms with Gasteiger partial charge < -0.3 is 4.90 Å². The highest BCUT2D eigenvalue weighted by Gasteiger charge is 2.20. The minimum absolute atomic E-state index is 0.104. The zero-order valence-corrected chi connectivity index (χ0v) is 16.5. The van der Waals surface area contributed by atoms with Crippen molar-refractivity contribution in [3.63, 3.8) is 0 Å². The van der Waals surface area contributed by atoms with Crippen LogP contribution in [-0.4, -0.2) is 41.8 Å². The summed E-state index contributed by atoms with van der Waals surface area (Å²) in [6.07, 6.45) is 0. The fourth-order valence-electron chi connectivity index (χ4n) is 3.90. The van der Waals surface area contributed by atoms with E-state index in [1.807, 2.05) is 6.92 Å². The summed E-state index contributed by atoms with van der Waals surface area (Å²) < 4.78 is 0. The predicted molar refractivity (Wildman–Crippen MR) is 115 cm³/mol. The number of benzene rings is 3. The van der Waals surface area contributed by atoms with Gasteiger partial charge in [0.2, 0.25) is 0 Å². The summed E-state index contributed by atoms with van der Waals surface area (Å²) in [6, 6.07) is 21.7. The molecule has 29 heavy (non-hydrogen) atoms. The molecule has 1 fully saturated rings. The van der Waals surface area contributed by atoms with Crippen molar-refractivity contribution in [1.29, 1.82) is 0 Å². The van der Waals surface area contributed by atoms with E-state index in [2.05, 4.69) is 47.5 Å². The van der Waals surface area contributed by atoms with E-state index in [4.69, 9.17) is 5.10 Å². The van der Waals surface area contributed by atoms with Crippen molar-refractivity contribution in [2.75, 3.05) is 26.2 Å². The Morgan fingerprint density at radius 3 is 2.45 bits per heavy atom. The molecule has 1 aliphatic heterocycles. The first-order valence-electron chi connectivity index (χ1n) is 9.95. The van der Waals surface area contributed by atoms with Gasteiger partial charge in [0.05, 0.1) is 36.8 Å². The van der Waals surface area contributed by atoms with Crippen LogP contribution in [0.2, 0.25) is 0 Å². The van der Waals surface area contributed by atoms with Gasteiger partial charge in [-0.05, 0) is 35.4 Å². The van der Waals surface area contributed by atoms with Crippen LogP contribution in [0.4, 0.5) is 5.69 Å². The SMILES string of the molecule is C/C(=N\N1CC[NH+](Cc2cccc3ccccc23)CC1)c1ccc([N+](=O)[O-])cc1. The summed E-state index contributed by atoms with van der Waals surface area (Å²) in [6.45, 7) is 6.88. The molecule has 1 saturated heterocycles. The molecule has 0 spiro atoms. The van der Waals surface area contributed by atoms with E-state index in [9.17, 15) is 10.1 Å². The fraction of sp³-hybridized carbons (Fsp3) is 0.261. The van der Waals surface area contributed by atoms with Gasteiger partial charge in [-0.3, -0.25) is 15.1 Å². The number of hydrogen-bond acceptors (Lipinski definition) is 4. The first-order chi connectivity index (χ1) is 14.1. The maximum Gasteiger partial charge on any atom is 0.269 e. The molecular formula is C23H25N4O2+. The van der Waals surface area contributed by atoms with Gasteiger partial charge in [0.15, 0.2) is 0 Å². The van der Waals surface area contributed by atoms with Crippen LogP contribution in [0.15, 0.2) is 71.8 Å². The van der Waals surface area contributed by atoms with E-state index in [0.717, 1.165) is 44.0 Å². The molecule has 6 nitrogen and oxygen atoms in total. The first-order valence-corrected chi connectivity index (χ1v) is 9.95. The Hall–Kier alpha value is -3.25. The molecule has 148 valence electrons. The van der Waals surface area contributed by atoms with Gasteiger partial charge in [0.25, 0.3) is 5.69 Å². The monoisotopic (exact) mass is 389 g/mol. The highest BCUT2D eigenvalue weighted by molar-refractivity contribution is 5.98. The van der Waals surface area contributed by atoms with Gasteiger partial charge >= 0.3 is 0 Å². The van der Waals surface area contributed by atoms with Crippen LogP contribution in [0.25, 0.3) is 10.8 Å². The van der Waals surface area contributed by atoms with Crippen LogP contribution in [0.1, 0.15) is 18.1 Å². The molecule has 0 amide bonds. The molecule has 3 aromatic rings. The van der Waals surface area contributed by atoms with E-state index in [-0.39, 0.29) is 10.6 Å². The molecule has 0 radical (unpaired) electrons. The molecular weight excluding hydrogens is 364 g/mol. The van der Waals surface area contributed by atoms with E-state index >= 15 is 0 Å². The molecule has 1 N–H and O–H groups in total. The number of hydrogen-bond donors (Lipinski definition) is 1. The highest BCUT2D eigenvalue weighted by Crippen LogP contribution is 2.18. The van der Waals surface area contributed by atoms with Crippen LogP contribution in [0.5, 0.6) is 0 Å². The zero-order valence-electron chi connectivity index (χ0n) is 16.5. The third kappa shape index (κ3) is 4.43. The van der Waals surface area contributed by atoms with Crippen molar-refractivity contribution in [1.82, 2.24) is 5.01 Å². The molecule has 0 aliphatic carbocycles. The Labute approximate surface area is 170 Å². The summed E-state index contributed by atoms with van der Waals surface area (Å²) in [5, 5.41) is 20.3. The zero-order chi connectivity index (χ0) is 20.2. The highest BCUT2D eigenvalue weighted by atomic mass is 16.6. The van der Waals surface area contributed by atoms with Crippen molar-refractivity contribution in [3.05, 3.63) is 88.0 Å². The predicted octanol–water partition coefficient (Wildman–Crippen LogP) is 2.87. The third-order valence-electron chi connectivity index (χ3n) is 5.55. The lowest BCUT2D eigenvalue weighted by Crippen LogP contribution is -3.13. The average Bonchev–Trinajstić information content (AvgIpc) is 2.75. The normalized spacial score (nSPS) is 15.6. The van der Waals surface area contributed by atoms with Crippen molar-refractivity contribution in [3.8, 4) is 0 Å². The van der Waals surface area contributed by atoms with Gasteiger partial charge in [0, 0.05) is 17.7 Å². The van der Waals surface area contributed by atoms with Gasteiger partial charge in [-0.1, -0.05) is 42.5 Å². The van der Waals surface area contributed by atoms with Crippen molar-refractivity contribution < 1.29 is 9.82 Å². The molecule has 0 bridgehead atoms. The topological polar surface area (TPSA) is 63.2 Å². The van der Waals surface area contributed by atoms with Crippen molar-refractivity contribution >= 4 is 22.2 Å². The fourth-order valence-corrected chi connectivity index (χ4v) is 3.90. The van der Waals surface area contributed by atoms with Gasteiger partial charge in [0.1, 0.15) is 6.54 Å². The molecule has 0 saturated carbocycles. The number of rotatable bonds is 5. The average molecular weight is 389 g/mol. The van der Waals surface area contributed by atoms with Crippen LogP contribution < -0.4 is 4.90 Å². The summed E-state index contributed by atoms with van der Waals surface area (Å²) in [5.41, 5.74) is 3.31. The Morgan fingerprint density at radius 1 is 1.03 bits per heavy atom. The molecule has 0 aromatic heterocycles. The minimum Gasteiger partial charge on any atom is -0.328 e. The maximum atomic E-state index is 10.8. The van der Waals surface area contributed by atoms with E-state index in [0.29, 0.717) is 0 Å². The molecule has 0 atom stereocenters. The standard InChI is InChI=1S/C23H24N4O2/c1-18(19-9-11-22(12-10-19)27(28)29)24-26-15-13-25(14-16-26)17-21-7-4-6-20-5-2-3-8-23(20)21/h2-12H,13-17H2,1H3/p+1/b24-18+. The lowest BCUT2D eigenvalue weighted by molar-refractivity contribution is -0.918. The van der Waals surface area contributed by atoms with E-state index < -0.39 is 0 Å². The Morgan fingerprint density at radius 2 is 1.72 bits per heavy atom. The number of piperazine rings is 1. The lowest BCUT2D eigenvalue weighted by Gasteiger charge is -2.31. The molecule has 3 aromatic carbocycles. The number of quaternary nitrogens is 1. The Kier molecular flexibility index (Phi) is 5.53. The minimum atomic E-state index is -0.381. The second-order valence-electron chi connectivity index (χ2n) is 7.51. The third-order valence-corrected chi connectivity index (χ3v) is 5.55. The van der Waals surface area contributed by atoms with Crippen LogP contribution in [0, 0.1) is 10.1 Å². The lowest BCUT2D eigenvalue weighted by atomic mass is 10.0. The first kappa shape index (κ1) is 19.1. The summed E-state index contributed by atoms with van der Waals surface area (Å²) in [4.78, 5) is 12.0. The Bertz CT molecular complexity index is 1030. The summed E-state index contributed by atoms with van der Waals surface area (Å²) in [7, 11) is 0. The molecule has 1 heterocycles. The quantitative estimate of drug-likeness (QED) is 0.415. The van der Waals surface area contributed by atoms with Gasteiger partial charge in [-0.15, -0.1) is 0 Å². The number of hydrazone groups is 1. The van der Waals surface area contributed by atoms with Crippen LogP contribution >= 0.6 is 0 Å². The number of nitro benzene ring substituents is 1. The van der Waals surface area contributed by atoms with Crippen LogP contribution in [-0.2, 0) is 6.54 Å². The number of nitrogens with one attached hydrogen (secondary N) is 1. The Balaban J connectivity index is 1.37. The van der Waals surface area contributed by atoms with Crippen molar-refractivity contribution in [2.45, 2.75) is 13.5 Å². The van der Waals surface area contributed by atoms with E-state index in [1.54, 1.807) is 17.0 Å². The summed E-state index contributed by atoms with van der Waals surface area (Å²) in [5.74, 6) is 0. The molecule has 6 heteroatoms. The molecule has 1 aliphatic rings. The number of nitrogens with zero attached hydrogens (tertiary/aromatic N) is 3. The van der Waals surface area contributed by atoms with Gasteiger partial charge in [-0.2, -0.15) is 5.10 Å². The number of fused-ring (bicyclic) bond motifs is 1. The van der Waals surface area contributed by atoms with E-state index in [1.165, 1.54) is 28.5 Å². The smallest absolute Gasteiger partial charge is 0.269 e. The summed E-state index contributed by atoms with van der Waals surface area (Å²) >= 11 is 0. The maximum absolute atomic E-state index is 10.8. The second kappa shape index (κ2) is 8.41.